The van der Waals surface area contributed by atoms with Crippen LogP contribution in [-0.4, -0.2) is 25.3 Å². The number of rotatable bonds is 3. The molecule has 0 aliphatic carbocycles. The van der Waals surface area contributed by atoms with Gasteiger partial charge in [0.1, 0.15) is 23.9 Å². The fourth-order valence-electron chi connectivity index (χ4n) is 3.62. The molecule has 9 heteroatoms. The van der Waals surface area contributed by atoms with Crippen molar-refractivity contribution in [2.45, 2.75) is 26.5 Å². The molecule has 4 aromatic rings. The van der Waals surface area contributed by atoms with Crippen molar-refractivity contribution in [3.63, 3.8) is 0 Å². The van der Waals surface area contributed by atoms with Crippen molar-refractivity contribution < 1.29 is 9.84 Å². The van der Waals surface area contributed by atoms with Crippen molar-refractivity contribution in [3.05, 3.63) is 64.5 Å². The van der Waals surface area contributed by atoms with E-state index in [4.69, 9.17) is 10.5 Å². The number of nitrogens with two attached hydrogens (primary N) is 1. The van der Waals surface area contributed by atoms with Gasteiger partial charge in [-0.05, 0) is 23.8 Å². The Balaban J connectivity index is 0.00000106. The van der Waals surface area contributed by atoms with Gasteiger partial charge in [-0.15, -0.1) is 5.10 Å². The third-order valence-electron chi connectivity index (χ3n) is 4.83. The molecular weight excluding hydrogens is 384 g/mol. The predicted octanol–water partition coefficient (Wildman–Crippen LogP) is 4.08. The van der Waals surface area contributed by atoms with Crippen LogP contribution in [0.2, 0.25) is 0 Å². The van der Waals surface area contributed by atoms with Gasteiger partial charge in [-0.3, -0.25) is 0 Å². The van der Waals surface area contributed by atoms with Crippen LogP contribution in [-0.2, 0) is 6.54 Å². The number of fused-ring (bicyclic) bond motifs is 2. The summed E-state index contributed by atoms with van der Waals surface area (Å²) in [6, 6.07) is 8.50. The lowest BCUT2D eigenvalue weighted by molar-refractivity contribution is 0.251. The summed E-state index contributed by atoms with van der Waals surface area (Å²) in [6.07, 6.45) is 2.87. The minimum atomic E-state index is -0.489. The van der Waals surface area contributed by atoms with Gasteiger partial charge >= 0.3 is 0 Å². The zero-order chi connectivity index (χ0) is 21.3. The molecule has 9 nitrogen and oxygen atoms in total. The molecule has 0 radical (unpaired) electrons. The number of hydrogen-bond acceptors (Lipinski definition) is 8. The summed E-state index contributed by atoms with van der Waals surface area (Å²) < 4.78 is 6.34. The van der Waals surface area contributed by atoms with Gasteiger partial charge in [0, 0.05) is 28.9 Å². The Morgan fingerprint density at radius 1 is 1.17 bits per heavy atom. The molecule has 0 saturated carbocycles. The van der Waals surface area contributed by atoms with E-state index in [0.29, 0.717) is 28.2 Å². The number of nitroso groups, excluding NO2 is 1. The SMILES string of the molecule is CC.Nc1nccc2c1-c1c(CN=O)nnc3[nH]cc(c13)C(c1ccc(O)cc1)O2. The molecule has 152 valence electrons. The van der Waals surface area contributed by atoms with E-state index in [0.717, 1.165) is 16.5 Å². The second-order valence-corrected chi connectivity index (χ2v) is 6.44. The first-order valence-corrected chi connectivity index (χ1v) is 9.53. The minimum absolute atomic E-state index is 0.152. The first-order valence-electron chi connectivity index (χ1n) is 9.53. The van der Waals surface area contributed by atoms with Crippen LogP contribution in [0.4, 0.5) is 5.82 Å². The Kier molecular flexibility index (Phi) is 5.01. The molecule has 3 aromatic heterocycles. The number of aromatic hydroxyl groups is 1. The Morgan fingerprint density at radius 2 is 1.93 bits per heavy atom. The van der Waals surface area contributed by atoms with Crippen LogP contribution in [0.5, 0.6) is 11.5 Å². The maximum absolute atomic E-state index is 11.0. The third kappa shape index (κ3) is 3.00. The van der Waals surface area contributed by atoms with Crippen LogP contribution < -0.4 is 10.5 Å². The summed E-state index contributed by atoms with van der Waals surface area (Å²) >= 11 is 0. The number of pyridine rings is 1. The summed E-state index contributed by atoms with van der Waals surface area (Å²) in [4.78, 5) is 18.3. The average Bonchev–Trinajstić information content (AvgIpc) is 3.12. The highest BCUT2D eigenvalue weighted by atomic mass is 16.5. The topological polar surface area (TPSA) is 139 Å². The summed E-state index contributed by atoms with van der Waals surface area (Å²) in [5.74, 6) is 0.941. The van der Waals surface area contributed by atoms with Gasteiger partial charge in [0.15, 0.2) is 11.8 Å². The predicted molar refractivity (Wildman–Crippen MR) is 113 cm³/mol. The highest BCUT2D eigenvalue weighted by molar-refractivity contribution is 6.01. The molecule has 4 heterocycles. The van der Waals surface area contributed by atoms with E-state index in [1.54, 1.807) is 42.7 Å². The van der Waals surface area contributed by atoms with Crippen molar-refractivity contribution in [2.75, 3.05) is 5.73 Å². The summed E-state index contributed by atoms with van der Waals surface area (Å²) in [5, 5.41) is 21.7. The number of nitrogens with one attached hydrogen (secondary N) is 1. The number of nitrogens with zero attached hydrogens (tertiary/aromatic N) is 4. The van der Waals surface area contributed by atoms with E-state index >= 15 is 0 Å². The van der Waals surface area contributed by atoms with Gasteiger partial charge in [-0.25, -0.2) is 4.98 Å². The molecule has 1 unspecified atom stereocenters. The molecule has 4 N–H and O–H groups in total. The number of phenolic OH excluding ortho intramolecular Hbond substituents is 1. The van der Waals surface area contributed by atoms with Crippen molar-refractivity contribution in [3.8, 4) is 22.6 Å². The van der Waals surface area contributed by atoms with E-state index < -0.39 is 6.10 Å². The minimum Gasteiger partial charge on any atom is -0.508 e. The van der Waals surface area contributed by atoms with E-state index in [1.807, 2.05) is 13.8 Å². The van der Waals surface area contributed by atoms with Crippen molar-refractivity contribution in [2.24, 2.45) is 5.18 Å². The number of aromatic amines is 1. The van der Waals surface area contributed by atoms with Gasteiger partial charge in [-0.2, -0.15) is 10.0 Å². The monoisotopic (exact) mass is 404 g/mol. The molecule has 1 aromatic carbocycles. The summed E-state index contributed by atoms with van der Waals surface area (Å²) in [6.45, 7) is 3.85. The molecule has 1 aliphatic rings. The number of anilines is 1. The third-order valence-corrected chi connectivity index (χ3v) is 4.83. The Hall–Kier alpha value is -4.01. The zero-order valence-electron chi connectivity index (χ0n) is 16.5. The van der Waals surface area contributed by atoms with Crippen LogP contribution >= 0.6 is 0 Å². The Morgan fingerprint density at radius 3 is 2.67 bits per heavy atom. The van der Waals surface area contributed by atoms with Crippen molar-refractivity contribution in [1.82, 2.24) is 20.2 Å². The molecule has 30 heavy (non-hydrogen) atoms. The van der Waals surface area contributed by atoms with Crippen LogP contribution in [0.25, 0.3) is 22.2 Å². The molecule has 0 spiro atoms. The number of phenols is 1. The summed E-state index contributed by atoms with van der Waals surface area (Å²) in [7, 11) is 0. The lowest BCUT2D eigenvalue weighted by Gasteiger charge is -2.19. The quantitative estimate of drug-likeness (QED) is 0.437. The van der Waals surface area contributed by atoms with Gasteiger partial charge < -0.3 is 20.6 Å². The molecular formula is C21H20N6O3. The number of nitrogen functional groups attached to an aromatic ring is 1. The second kappa shape index (κ2) is 7.78. The fraction of sp³-hybridized carbons (Fsp3) is 0.190. The van der Waals surface area contributed by atoms with Gasteiger partial charge in [0.05, 0.1) is 11.3 Å². The molecule has 1 aliphatic heterocycles. The molecule has 5 rings (SSSR count). The van der Waals surface area contributed by atoms with Gasteiger partial charge in [0.25, 0.3) is 0 Å². The van der Waals surface area contributed by atoms with Crippen molar-refractivity contribution >= 4 is 16.9 Å². The molecule has 0 saturated heterocycles. The highest BCUT2D eigenvalue weighted by Gasteiger charge is 2.31. The van der Waals surface area contributed by atoms with Crippen LogP contribution in [0.15, 0.2) is 47.9 Å². The number of hydrogen-bond donors (Lipinski definition) is 3. The first kappa shape index (κ1) is 19.3. The molecule has 0 fully saturated rings. The maximum atomic E-state index is 11.0. The number of aromatic nitrogens is 4. The van der Waals surface area contributed by atoms with Crippen LogP contribution in [0.3, 0.4) is 0 Å². The number of benzene rings is 1. The van der Waals surface area contributed by atoms with Gasteiger partial charge in [-0.1, -0.05) is 31.2 Å². The fourth-order valence-corrected chi connectivity index (χ4v) is 3.62. The second-order valence-electron chi connectivity index (χ2n) is 6.44. The van der Waals surface area contributed by atoms with E-state index in [-0.39, 0.29) is 18.1 Å². The standard InChI is InChI=1S/C19H14N6O3.C2H6/c20-18-16-13(5-6-21-18)28-17(9-1-3-10(26)4-2-9)11-7-22-19-14(11)15(16)12(8-23-27)24-25-19;1-2/h1-7,17,26H,8H2,(H2,20,21)(H,22,25);1-2H3. The Labute approximate surface area is 171 Å². The normalized spacial score (nSPS) is 14.1. The molecule has 0 bridgehead atoms. The van der Waals surface area contributed by atoms with E-state index in [2.05, 4.69) is 25.3 Å². The zero-order valence-corrected chi connectivity index (χ0v) is 16.5. The van der Waals surface area contributed by atoms with Gasteiger partial charge in [0.2, 0.25) is 0 Å². The molecule has 1 atom stereocenters. The van der Waals surface area contributed by atoms with Crippen LogP contribution in [0.1, 0.15) is 36.8 Å². The summed E-state index contributed by atoms with van der Waals surface area (Å²) in [5.41, 5.74) is 9.98. The maximum Gasteiger partial charge on any atom is 0.161 e. The van der Waals surface area contributed by atoms with Crippen LogP contribution in [0, 0.1) is 4.91 Å². The lowest BCUT2D eigenvalue weighted by atomic mass is 9.96. The average molecular weight is 404 g/mol. The molecule has 0 amide bonds. The number of ether oxygens (including phenoxy) is 1. The largest absolute Gasteiger partial charge is 0.508 e. The van der Waals surface area contributed by atoms with E-state index in [9.17, 15) is 10.0 Å². The van der Waals surface area contributed by atoms with Crippen molar-refractivity contribution in [1.29, 1.82) is 0 Å². The lowest BCUT2D eigenvalue weighted by Crippen LogP contribution is -2.08. The first-order chi connectivity index (χ1) is 14.7. The smallest absolute Gasteiger partial charge is 0.161 e. The van der Waals surface area contributed by atoms with E-state index in [1.165, 1.54) is 0 Å². The Bertz CT molecular complexity index is 1220. The number of H-pyrrole nitrogens is 1. The highest BCUT2D eigenvalue weighted by Crippen LogP contribution is 2.47.